The van der Waals surface area contributed by atoms with Gasteiger partial charge in [0.05, 0.1) is 4.47 Å². The van der Waals surface area contributed by atoms with Crippen molar-refractivity contribution < 1.29 is 18.1 Å². The first-order valence-corrected chi connectivity index (χ1v) is 17.3. The van der Waals surface area contributed by atoms with E-state index in [0.29, 0.717) is 19.6 Å². The highest BCUT2D eigenvalue weighted by Gasteiger charge is 2.54. The Morgan fingerprint density at radius 1 is 0.800 bits per heavy atom. The van der Waals surface area contributed by atoms with Crippen molar-refractivity contribution in [2.24, 2.45) is 10.8 Å². The van der Waals surface area contributed by atoms with E-state index < -0.39 is 25.5 Å². The summed E-state index contributed by atoms with van der Waals surface area (Å²) in [6.07, 6.45) is 0. The van der Waals surface area contributed by atoms with Crippen LogP contribution in [0.4, 0.5) is 0 Å². The van der Waals surface area contributed by atoms with Gasteiger partial charge in [0.1, 0.15) is 5.75 Å². The van der Waals surface area contributed by atoms with Crippen LogP contribution in [0.1, 0.15) is 27.7 Å². The number of rotatable bonds is 10. The second-order valence-corrected chi connectivity index (χ2v) is 19.1. The quantitative estimate of drug-likeness (QED) is 0.133. The normalized spacial score (nSPS) is 14.2. The Labute approximate surface area is 253 Å². The molecule has 0 bridgehead atoms. The highest BCUT2D eigenvalue weighted by Crippen LogP contribution is 2.66. The number of phosphoric acid groups is 1. The van der Waals surface area contributed by atoms with Gasteiger partial charge in [0.15, 0.2) is 6.84 Å². The topological polar surface area (TPSA) is 44.8 Å². The molecule has 0 spiro atoms. The van der Waals surface area contributed by atoms with Gasteiger partial charge in [-0.15, -0.1) is 0 Å². The Morgan fingerprint density at radius 3 is 1.57 bits per heavy atom. The molecule has 174 valence electrons. The van der Waals surface area contributed by atoms with Crippen LogP contribution < -0.4 is 4.52 Å². The first kappa shape index (κ1) is 31.5. The predicted molar refractivity (Wildman–Crippen MR) is 156 cm³/mol. The molecule has 1 rings (SSSR count). The van der Waals surface area contributed by atoms with Crippen LogP contribution >= 0.6 is 151 Å². The largest absolute Gasteiger partial charge is 0.534 e. The third kappa shape index (κ3) is 7.74. The van der Waals surface area contributed by atoms with Gasteiger partial charge < -0.3 is 4.52 Å². The van der Waals surface area contributed by atoms with E-state index in [9.17, 15) is 4.57 Å². The lowest BCUT2D eigenvalue weighted by molar-refractivity contribution is 0.0533. The fraction of sp³-hybridized carbons (Fsp3) is 0.625. The lowest BCUT2D eigenvalue weighted by Gasteiger charge is -2.41. The summed E-state index contributed by atoms with van der Waals surface area (Å²) in [5, 5.41) is 1.06. The van der Waals surface area contributed by atoms with Gasteiger partial charge in [-0.2, -0.15) is 0 Å². The third-order valence-electron chi connectivity index (χ3n) is 3.91. The summed E-state index contributed by atoms with van der Waals surface area (Å²) in [4.78, 5) is 0. The van der Waals surface area contributed by atoms with Gasteiger partial charge in [0.25, 0.3) is 0 Å². The average Bonchev–Trinajstić information content (AvgIpc) is 2.60. The van der Waals surface area contributed by atoms with Gasteiger partial charge in [-0.3, -0.25) is 0 Å². The van der Waals surface area contributed by atoms with Crippen LogP contribution in [-0.4, -0.2) is 17.5 Å². The Morgan fingerprint density at radius 2 is 1.20 bits per heavy atom. The lowest BCUT2D eigenvalue weighted by atomic mass is 9.98. The van der Waals surface area contributed by atoms with Gasteiger partial charge >= 0.3 is 7.82 Å². The second-order valence-electron chi connectivity index (χ2n) is 7.46. The summed E-state index contributed by atoms with van der Waals surface area (Å²) in [6, 6.07) is 3.40. The van der Waals surface area contributed by atoms with E-state index in [4.69, 9.17) is 13.6 Å². The minimum Gasteiger partial charge on any atom is -0.403 e. The summed E-state index contributed by atoms with van der Waals surface area (Å²) in [5.74, 6) is 0.272. The van der Waals surface area contributed by atoms with E-state index in [1.165, 1.54) is 0 Å². The van der Waals surface area contributed by atoms with E-state index in [2.05, 4.69) is 143 Å². The van der Waals surface area contributed by atoms with Crippen LogP contribution in [-0.2, 0) is 13.6 Å². The van der Waals surface area contributed by atoms with Crippen molar-refractivity contribution in [3.63, 3.8) is 0 Å². The molecule has 0 N–H and O–H groups in total. The summed E-state index contributed by atoms with van der Waals surface area (Å²) >= 11 is 31.2. The Hall–Kier alpha value is 3.49. The van der Waals surface area contributed by atoms with E-state index >= 15 is 0 Å². The molecule has 0 saturated carbocycles. The predicted octanol–water partition coefficient (Wildman–Crippen LogP) is 11.2. The molecule has 0 amide bonds. The number of hydrogen-bond acceptors (Lipinski definition) is 4. The van der Waals surface area contributed by atoms with Crippen molar-refractivity contribution >= 4 is 151 Å². The number of phosphoric ester groups is 1. The van der Waals surface area contributed by atoms with Crippen molar-refractivity contribution in [2.75, 3.05) is 10.7 Å². The molecule has 1 aromatic carbocycles. The molecular weight excluding hydrogens is 1010 g/mol. The summed E-state index contributed by atoms with van der Waals surface area (Å²) < 4.78 is 31.4. The highest BCUT2D eigenvalue weighted by atomic mass is 79.9. The summed E-state index contributed by atoms with van der Waals surface area (Å²) in [5.41, 5.74) is -1.09. The zero-order valence-electron chi connectivity index (χ0n) is 16.1. The molecular formula is C16H18Br9O4P. The maximum atomic E-state index is 14.0. The lowest BCUT2D eigenvalue weighted by Crippen LogP contribution is -2.40. The maximum Gasteiger partial charge on any atom is 0.534 e. The van der Waals surface area contributed by atoms with Gasteiger partial charge in [0, 0.05) is 30.4 Å². The molecule has 0 aromatic heterocycles. The van der Waals surface area contributed by atoms with Crippen molar-refractivity contribution in [2.45, 2.75) is 34.5 Å². The number of halogens is 9. The first-order valence-electron chi connectivity index (χ1n) is 8.07. The average molecular weight is 1020 g/mol. The van der Waals surface area contributed by atoms with Crippen LogP contribution in [0, 0.1) is 10.8 Å². The molecule has 0 atom stereocenters. The smallest absolute Gasteiger partial charge is 0.403 e. The van der Waals surface area contributed by atoms with E-state index in [1.54, 1.807) is 12.1 Å². The minimum atomic E-state index is -4.26. The number of benzene rings is 1. The van der Waals surface area contributed by atoms with Crippen molar-refractivity contribution in [3.05, 3.63) is 25.6 Å². The van der Waals surface area contributed by atoms with Gasteiger partial charge in [0.2, 0.25) is 0 Å². The highest BCUT2D eigenvalue weighted by molar-refractivity contribution is 9.25. The first-order chi connectivity index (χ1) is 13.3. The summed E-state index contributed by atoms with van der Waals surface area (Å²) in [7, 11) is -4.26. The van der Waals surface area contributed by atoms with Gasteiger partial charge in [-0.25, -0.2) is 13.6 Å². The van der Waals surface area contributed by atoms with E-state index in [1.807, 2.05) is 27.7 Å². The third-order valence-corrected chi connectivity index (χ3v) is 17.4. The van der Waals surface area contributed by atoms with Crippen LogP contribution in [0.3, 0.4) is 0 Å². The fourth-order valence-electron chi connectivity index (χ4n) is 1.44. The van der Waals surface area contributed by atoms with Crippen LogP contribution in [0.15, 0.2) is 25.6 Å². The Kier molecular flexibility index (Phi) is 12.3. The molecule has 4 nitrogen and oxygen atoms in total. The Balaban J connectivity index is 3.49. The molecule has 0 aliphatic heterocycles. The van der Waals surface area contributed by atoms with E-state index in [-0.39, 0.29) is 5.75 Å². The molecule has 0 aliphatic carbocycles. The molecule has 1 aromatic rings. The molecule has 0 fully saturated rings. The summed E-state index contributed by atoms with van der Waals surface area (Å²) in [6.45, 7) is 7.67. The Bertz CT molecular complexity index is 780. The molecule has 0 aliphatic rings. The van der Waals surface area contributed by atoms with Gasteiger partial charge in [-0.05, 0) is 124 Å². The zero-order chi connectivity index (χ0) is 23.8. The molecule has 0 saturated heterocycles. The molecule has 0 radical (unpaired) electrons. The molecule has 30 heavy (non-hydrogen) atoms. The minimum absolute atomic E-state index is 0.272. The number of hydrogen-bond donors (Lipinski definition) is 0. The van der Waals surface area contributed by atoms with Crippen LogP contribution in [0.25, 0.3) is 0 Å². The molecule has 0 unspecified atom stereocenters. The van der Waals surface area contributed by atoms with E-state index in [0.717, 1.165) is 4.47 Å². The number of alkyl halides is 6. The zero-order valence-corrected chi connectivity index (χ0v) is 31.2. The fourth-order valence-corrected chi connectivity index (χ4v) is 9.46. The monoisotopic (exact) mass is 1020 g/mol. The van der Waals surface area contributed by atoms with Crippen molar-refractivity contribution in [1.29, 1.82) is 0 Å². The molecule has 0 heterocycles. The van der Waals surface area contributed by atoms with Crippen molar-refractivity contribution in [3.8, 4) is 5.75 Å². The maximum absolute atomic E-state index is 14.0. The van der Waals surface area contributed by atoms with Gasteiger partial charge in [-0.1, -0.05) is 59.6 Å². The SMILES string of the molecule is CC(C)(CBr)C(Br)(Br)OP(=O)(Oc1ccc(Br)c(Br)c1Br)OC(Br)(Br)C(C)(C)CBr. The van der Waals surface area contributed by atoms with Crippen molar-refractivity contribution in [1.82, 2.24) is 0 Å². The standard InChI is InChI=1S/C16H18Br9O4P/c1-13(2,7-17)15(22,23)28-30(26,29-16(24,25)14(3,4)8-18)27-10-6-5-9(19)11(20)12(10)21/h5-6H,7-8H2,1-4H3. The van der Waals surface area contributed by atoms with Crippen LogP contribution in [0.2, 0.25) is 0 Å². The van der Waals surface area contributed by atoms with Crippen LogP contribution in [0.5, 0.6) is 5.75 Å². The molecule has 14 heteroatoms. The second kappa shape index (κ2) is 11.7.